The zero-order valence-corrected chi connectivity index (χ0v) is 24.8. The first kappa shape index (κ1) is 27.4. The van der Waals surface area contributed by atoms with Crippen LogP contribution in [0.4, 0.5) is 5.95 Å². The Bertz CT molecular complexity index is 978. The molecule has 1 unspecified atom stereocenters. The van der Waals surface area contributed by atoms with E-state index in [9.17, 15) is 0 Å². The van der Waals surface area contributed by atoms with Crippen molar-refractivity contribution in [2.75, 3.05) is 25.0 Å². The average molecular weight is 573 g/mol. The average Bonchev–Trinajstić information content (AvgIpc) is 3.59. The van der Waals surface area contributed by atoms with Crippen LogP contribution < -0.4 is 15.5 Å². The van der Waals surface area contributed by atoms with Crippen molar-refractivity contribution in [3.63, 3.8) is 0 Å². The van der Waals surface area contributed by atoms with Crippen LogP contribution >= 0.6 is 0 Å². The second-order valence-corrected chi connectivity index (χ2v) is 13.9. The molecule has 3 fully saturated rings. The molecule has 37 heavy (non-hydrogen) atoms. The summed E-state index contributed by atoms with van der Waals surface area (Å²) in [6, 6.07) is 1.29. The van der Waals surface area contributed by atoms with Crippen LogP contribution in [0.2, 0.25) is 0 Å². The summed E-state index contributed by atoms with van der Waals surface area (Å²) in [6.45, 7) is 7.69. The van der Waals surface area contributed by atoms with Gasteiger partial charge >= 0.3 is 230 Å². The first-order valence-electron chi connectivity index (χ1n) is 15.0. The molecule has 1 atom stereocenters. The predicted octanol–water partition coefficient (Wildman–Crippen LogP) is 4.18. The third-order valence-corrected chi connectivity index (χ3v) is 11.2. The Morgan fingerprint density at radius 2 is 1.81 bits per heavy atom. The number of piperidine rings is 1. The SMILES string of the molecule is CCCCOC(CC)C1CCN([As]c2nc(NC3CCC(N)CC3)nc3c2ncn3C2CCCC2)CC1. The van der Waals surface area contributed by atoms with E-state index >= 15 is 0 Å². The Balaban J connectivity index is 1.30. The second-order valence-electron chi connectivity index (χ2n) is 11.5. The van der Waals surface area contributed by atoms with Crippen LogP contribution in [0.1, 0.15) is 103 Å². The van der Waals surface area contributed by atoms with Crippen LogP contribution in [0.25, 0.3) is 11.2 Å². The van der Waals surface area contributed by atoms with E-state index < -0.39 is 0 Å². The molecule has 0 aromatic carbocycles. The summed E-state index contributed by atoms with van der Waals surface area (Å²) in [5, 5.41) is 3.69. The number of imidazole rings is 1. The van der Waals surface area contributed by atoms with E-state index in [1.54, 1.807) is 0 Å². The number of nitrogens with two attached hydrogens (primary N) is 1. The zero-order valence-electron chi connectivity index (χ0n) is 22.9. The van der Waals surface area contributed by atoms with Gasteiger partial charge in [-0.3, -0.25) is 0 Å². The molecule has 3 N–H and O–H groups in total. The number of anilines is 1. The standard InChI is InChI=1S/C28H47AsN7O/c1-3-5-18-37-24(4-2)20-14-16-35(17-15-20)29-26-25-27(36(19-31-25)23-8-6-7-9-23)34-28(33-26)32-22-12-10-21(30)11-13-22/h19-24H,3-18,30H2,1-2H3,(H,32,33,34). The third-order valence-electron chi connectivity index (χ3n) is 8.74. The molecule has 8 nitrogen and oxygen atoms in total. The number of hydrogen-bond donors (Lipinski definition) is 2. The maximum absolute atomic E-state index is 6.27. The van der Waals surface area contributed by atoms with Crippen molar-refractivity contribution in [3.8, 4) is 0 Å². The Morgan fingerprint density at radius 1 is 1.05 bits per heavy atom. The van der Waals surface area contributed by atoms with E-state index in [-0.39, 0.29) is 16.0 Å². The zero-order chi connectivity index (χ0) is 25.6. The maximum atomic E-state index is 6.27. The number of nitrogens with zero attached hydrogens (tertiary/aromatic N) is 5. The molecule has 1 saturated heterocycles. The van der Waals surface area contributed by atoms with Gasteiger partial charge in [0.2, 0.25) is 0 Å². The molecule has 3 aliphatic rings. The first-order valence-corrected chi connectivity index (χ1v) is 16.8. The number of fused-ring (bicyclic) bond motifs is 1. The molecule has 2 aromatic rings. The summed E-state index contributed by atoms with van der Waals surface area (Å²) < 4.78 is 12.4. The fraction of sp³-hybridized carbons (Fsp3) is 0.821. The van der Waals surface area contributed by atoms with Gasteiger partial charge in [0, 0.05) is 0 Å². The van der Waals surface area contributed by atoms with Crippen molar-refractivity contribution in [2.24, 2.45) is 11.7 Å². The molecule has 2 saturated carbocycles. The van der Waals surface area contributed by atoms with Gasteiger partial charge in [0.25, 0.3) is 0 Å². The van der Waals surface area contributed by atoms with E-state index in [2.05, 4.69) is 27.5 Å². The minimum absolute atomic E-state index is 0.215. The monoisotopic (exact) mass is 572 g/mol. The molecular weight excluding hydrogens is 525 g/mol. The third kappa shape index (κ3) is 6.87. The Morgan fingerprint density at radius 3 is 2.51 bits per heavy atom. The molecular formula is C28H47AsN7O. The van der Waals surface area contributed by atoms with Gasteiger partial charge in [-0.1, -0.05) is 0 Å². The van der Waals surface area contributed by atoms with Crippen LogP contribution in [-0.2, 0) is 4.74 Å². The molecule has 0 bridgehead atoms. The Labute approximate surface area is 229 Å². The number of nitrogens with one attached hydrogen (secondary N) is 1. The van der Waals surface area contributed by atoms with Crippen molar-refractivity contribution in [3.05, 3.63) is 6.33 Å². The van der Waals surface area contributed by atoms with Crippen LogP contribution in [0.3, 0.4) is 0 Å². The van der Waals surface area contributed by atoms with E-state index in [0.717, 1.165) is 73.4 Å². The van der Waals surface area contributed by atoms with E-state index in [4.69, 9.17) is 25.4 Å². The van der Waals surface area contributed by atoms with Crippen LogP contribution in [-0.4, -0.2) is 77.2 Å². The summed E-state index contributed by atoms with van der Waals surface area (Å²) in [5.41, 5.74) is 8.22. The molecule has 2 aromatic heterocycles. The molecule has 0 spiro atoms. The molecule has 3 heterocycles. The molecule has 5 rings (SSSR count). The molecule has 1 radical (unpaired) electrons. The van der Waals surface area contributed by atoms with Crippen LogP contribution in [0.5, 0.6) is 0 Å². The number of rotatable bonds is 11. The molecule has 9 heteroatoms. The molecule has 1 aliphatic heterocycles. The van der Waals surface area contributed by atoms with Gasteiger partial charge in [0.05, 0.1) is 0 Å². The van der Waals surface area contributed by atoms with Gasteiger partial charge in [-0.25, -0.2) is 0 Å². The summed E-state index contributed by atoms with van der Waals surface area (Å²) in [7, 11) is 0. The second kappa shape index (κ2) is 13.2. The van der Waals surface area contributed by atoms with Gasteiger partial charge in [0.1, 0.15) is 0 Å². The van der Waals surface area contributed by atoms with Crippen molar-refractivity contribution in [1.82, 2.24) is 23.3 Å². The van der Waals surface area contributed by atoms with Crippen molar-refractivity contribution < 1.29 is 4.74 Å². The van der Waals surface area contributed by atoms with E-state index in [1.165, 1.54) is 51.4 Å². The van der Waals surface area contributed by atoms with E-state index in [0.29, 0.717) is 30.1 Å². The summed E-state index contributed by atoms with van der Waals surface area (Å²) in [4.78, 5) is 15.1. The predicted molar refractivity (Wildman–Crippen MR) is 151 cm³/mol. The first-order chi connectivity index (χ1) is 18.1. The van der Waals surface area contributed by atoms with E-state index in [1.807, 2.05) is 6.33 Å². The van der Waals surface area contributed by atoms with Gasteiger partial charge < -0.3 is 0 Å². The minimum atomic E-state index is -0.215. The molecule has 205 valence electrons. The fourth-order valence-corrected chi connectivity index (χ4v) is 8.68. The fourth-order valence-electron chi connectivity index (χ4n) is 6.39. The van der Waals surface area contributed by atoms with Gasteiger partial charge in [-0.05, 0) is 0 Å². The van der Waals surface area contributed by atoms with Crippen molar-refractivity contribution in [1.29, 1.82) is 0 Å². The number of aromatic nitrogens is 4. The summed E-state index contributed by atoms with van der Waals surface area (Å²) >= 11 is -0.215. The molecule has 2 aliphatic carbocycles. The van der Waals surface area contributed by atoms with Gasteiger partial charge in [-0.2, -0.15) is 0 Å². The Kier molecular flexibility index (Phi) is 9.78. The summed E-state index contributed by atoms with van der Waals surface area (Å²) in [6.07, 6.45) is 17.8. The summed E-state index contributed by atoms with van der Waals surface area (Å²) in [5.74, 6) is 1.48. The Hall–Kier alpha value is -1.21. The number of unbranched alkanes of at least 4 members (excludes halogenated alkanes) is 1. The van der Waals surface area contributed by atoms with Crippen LogP contribution in [0.15, 0.2) is 6.33 Å². The number of ether oxygens (including phenoxy) is 1. The van der Waals surface area contributed by atoms with Crippen molar-refractivity contribution >= 4 is 37.6 Å². The van der Waals surface area contributed by atoms with Gasteiger partial charge in [-0.15, -0.1) is 0 Å². The molecule has 0 amide bonds. The van der Waals surface area contributed by atoms with Gasteiger partial charge in [0.15, 0.2) is 0 Å². The quantitative estimate of drug-likeness (QED) is 0.308. The number of hydrogen-bond acceptors (Lipinski definition) is 7. The van der Waals surface area contributed by atoms with Crippen LogP contribution in [0, 0.1) is 5.92 Å². The topological polar surface area (TPSA) is 94.1 Å². The van der Waals surface area contributed by atoms with Crippen molar-refractivity contribution in [2.45, 2.75) is 122 Å². The normalized spacial score (nSPS) is 25.5.